The molecule has 0 bridgehead atoms. The quantitative estimate of drug-likeness (QED) is 0.832. The van der Waals surface area contributed by atoms with Gasteiger partial charge in [0.2, 0.25) is 5.95 Å². The highest BCUT2D eigenvalue weighted by Crippen LogP contribution is 2.24. The molecular weight excluding hydrogens is 332 g/mol. The molecule has 0 radical (unpaired) electrons. The molecule has 4 rings (SSSR count). The second-order valence-corrected chi connectivity index (χ2v) is 6.73. The smallest absolute Gasteiger partial charge is 0.273 e. The summed E-state index contributed by atoms with van der Waals surface area (Å²) >= 11 is 0. The van der Waals surface area contributed by atoms with Gasteiger partial charge < -0.3 is 20.5 Å². The van der Waals surface area contributed by atoms with E-state index in [0.29, 0.717) is 37.6 Å². The maximum atomic E-state index is 13.0. The van der Waals surface area contributed by atoms with Crippen LogP contribution in [0.15, 0.2) is 18.3 Å². The Hall–Kier alpha value is -2.90. The van der Waals surface area contributed by atoms with Gasteiger partial charge in [-0.2, -0.15) is 0 Å². The molecule has 2 aromatic rings. The number of anilines is 1. The number of fused-ring (bicyclic) bond motifs is 1. The average Bonchev–Trinajstić information content (AvgIpc) is 3.21. The van der Waals surface area contributed by atoms with Crippen molar-refractivity contribution in [1.29, 1.82) is 0 Å². The molecule has 1 saturated heterocycles. The third-order valence-corrected chi connectivity index (χ3v) is 5.09. The van der Waals surface area contributed by atoms with Crippen LogP contribution in [0, 0.1) is 0 Å². The minimum Gasteiger partial charge on any atom is -0.368 e. The van der Waals surface area contributed by atoms with Gasteiger partial charge in [0.15, 0.2) is 0 Å². The number of aromatic amines is 1. The molecule has 136 valence electrons. The highest BCUT2D eigenvalue weighted by atomic mass is 16.2. The van der Waals surface area contributed by atoms with E-state index < -0.39 is 0 Å². The number of amides is 2. The molecule has 1 fully saturated rings. The summed E-state index contributed by atoms with van der Waals surface area (Å²) in [7, 11) is 0. The number of hydrogen-bond donors (Lipinski definition) is 2. The van der Waals surface area contributed by atoms with Crippen LogP contribution in [0.4, 0.5) is 5.95 Å². The van der Waals surface area contributed by atoms with Crippen molar-refractivity contribution in [2.45, 2.75) is 25.7 Å². The second kappa shape index (κ2) is 6.78. The van der Waals surface area contributed by atoms with Crippen LogP contribution in [0.5, 0.6) is 0 Å². The topological polar surface area (TPSA) is 108 Å². The lowest BCUT2D eigenvalue weighted by molar-refractivity contribution is 0.0528. The number of rotatable bonds is 2. The third kappa shape index (κ3) is 3.02. The predicted molar refractivity (Wildman–Crippen MR) is 95.7 cm³/mol. The van der Waals surface area contributed by atoms with Gasteiger partial charge in [-0.1, -0.05) is 0 Å². The number of piperazine rings is 1. The van der Waals surface area contributed by atoms with Gasteiger partial charge in [-0.05, 0) is 37.8 Å². The Morgan fingerprint density at radius 1 is 1.00 bits per heavy atom. The first-order chi connectivity index (χ1) is 12.6. The molecular formula is C18H22N6O2. The highest BCUT2D eigenvalue weighted by molar-refractivity contribution is 5.95. The summed E-state index contributed by atoms with van der Waals surface area (Å²) in [6.07, 6.45) is 5.51. The second-order valence-electron chi connectivity index (χ2n) is 6.73. The Bertz CT molecular complexity index is 824. The maximum Gasteiger partial charge on any atom is 0.273 e. The first-order valence-electron chi connectivity index (χ1n) is 9.00. The number of nitrogen functional groups attached to an aromatic ring is 1. The maximum absolute atomic E-state index is 13.0. The minimum atomic E-state index is -0.107. The molecule has 1 aliphatic heterocycles. The molecule has 0 atom stereocenters. The highest BCUT2D eigenvalue weighted by Gasteiger charge is 2.29. The van der Waals surface area contributed by atoms with Crippen molar-refractivity contribution in [3.63, 3.8) is 0 Å². The summed E-state index contributed by atoms with van der Waals surface area (Å²) in [6.45, 7) is 1.99. The van der Waals surface area contributed by atoms with Crippen molar-refractivity contribution in [3.05, 3.63) is 41.0 Å². The fraction of sp³-hybridized carbons (Fsp3) is 0.444. The van der Waals surface area contributed by atoms with Gasteiger partial charge in [0.05, 0.1) is 0 Å². The average molecular weight is 354 g/mol. The molecule has 26 heavy (non-hydrogen) atoms. The van der Waals surface area contributed by atoms with Crippen molar-refractivity contribution in [1.82, 2.24) is 24.8 Å². The first kappa shape index (κ1) is 16.6. The van der Waals surface area contributed by atoms with E-state index in [0.717, 1.165) is 36.9 Å². The molecule has 0 aromatic carbocycles. The van der Waals surface area contributed by atoms with Crippen molar-refractivity contribution in [2.24, 2.45) is 0 Å². The Kier molecular flexibility index (Phi) is 4.32. The van der Waals surface area contributed by atoms with Gasteiger partial charge in [-0.15, -0.1) is 0 Å². The van der Waals surface area contributed by atoms with Crippen LogP contribution in [0.2, 0.25) is 0 Å². The third-order valence-electron chi connectivity index (χ3n) is 5.09. The number of carbonyl (C=O) groups excluding carboxylic acids is 2. The number of H-pyrrole nitrogens is 1. The molecule has 2 amide bonds. The van der Waals surface area contributed by atoms with E-state index in [4.69, 9.17) is 5.73 Å². The number of hydrogen-bond acceptors (Lipinski definition) is 5. The van der Waals surface area contributed by atoms with Gasteiger partial charge in [0.1, 0.15) is 11.4 Å². The molecule has 2 aromatic heterocycles. The van der Waals surface area contributed by atoms with E-state index in [9.17, 15) is 9.59 Å². The Labute approximate surface area is 151 Å². The number of nitrogens with one attached hydrogen (secondary N) is 1. The number of nitrogens with zero attached hydrogens (tertiary/aromatic N) is 4. The molecule has 0 saturated carbocycles. The fourth-order valence-corrected chi connectivity index (χ4v) is 3.69. The van der Waals surface area contributed by atoms with Crippen LogP contribution in [0.1, 0.15) is 45.1 Å². The fourth-order valence-electron chi connectivity index (χ4n) is 3.69. The lowest BCUT2D eigenvalue weighted by Gasteiger charge is -2.35. The number of carbonyl (C=O) groups is 2. The molecule has 0 spiro atoms. The number of nitrogens with two attached hydrogens (primary N) is 1. The van der Waals surface area contributed by atoms with Crippen molar-refractivity contribution < 1.29 is 9.59 Å². The van der Waals surface area contributed by atoms with Gasteiger partial charge in [-0.3, -0.25) is 9.59 Å². The van der Waals surface area contributed by atoms with E-state index in [1.165, 1.54) is 0 Å². The molecule has 3 heterocycles. The summed E-state index contributed by atoms with van der Waals surface area (Å²) in [5, 5.41) is 0. The van der Waals surface area contributed by atoms with Gasteiger partial charge in [0, 0.05) is 43.6 Å². The molecule has 8 nitrogen and oxygen atoms in total. The molecule has 3 N–H and O–H groups in total. The van der Waals surface area contributed by atoms with Crippen LogP contribution < -0.4 is 5.73 Å². The van der Waals surface area contributed by atoms with Crippen molar-refractivity contribution >= 4 is 17.8 Å². The van der Waals surface area contributed by atoms with Crippen molar-refractivity contribution in [2.75, 3.05) is 31.9 Å². The Morgan fingerprint density at radius 2 is 1.69 bits per heavy atom. The van der Waals surface area contributed by atoms with E-state index in [1.54, 1.807) is 28.1 Å². The minimum absolute atomic E-state index is 0.0363. The lowest BCUT2D eigenvalue weighted by atomic mass is 9.94. The van der Waals surface area contributed by atoms with E-state index in [2.05, 4.69) is 15.0 Å². The first-order valence-corrected chi connectivity index (χ1v) is 9.00. The molecule has 8 heteroatoms. The lowest BCUT2D eigenvalue weighted by Crippen LogP contribution is -2.51. The van der Waals surface area contributed by atoms with Crippen LogP contribution in [-0.4, -0.2) is 62.7 Å². The van der Waals surface area contributed by atoms with Crippen LogP contribution >= 0.6 is 0 Å². The molecule has 2 aliphatic rings. The number of aromatic nitrogens is 3. The zero-order valence-corrected chi connectivity index (χ0v) is 14.6. The summed E-state index contributed by atoms with van der Waals surface area (Å²) in [5.41, 5.74) is 8.68. The SMILES string of the molecule is Nc1nc2c(c(C(=O)N3CCN(C(=O)c4ccc[nH]4)CC3)n1)CCCC2. The summed E-state index contributed by atoms with van der Waals surface area (Å²) in [5.74, 6) is 0.0181. The van der Waals surface area contributed by atoms with Gasteiger partial charge in [0.25, 0.3) is 11.8 Å². The largest absolute Gasteiger partial charge is 0.368 e. The van der Waals surface area contributed by atoms with Gasteiger partial charge >= 0.3 is 0 Å². The predicted octanol–water partition coefficient (Wildman–Crippen LogP) is 0.864. The van der Waals surface area contributed by atoms with E-state index in [-0.39, 0.29) is 17.8 Å². The zero-order chi connectivity index (χ0) is 18.1. The zero-order valence-electron chi connectivity index (χ0n) is 14.6. The van der Waals surface area contributed by atoms with Crippen LogP contribution in [-0.2, 0) is 12.8 Å². The molecule has 1 aliphatic carbocycles. The number of aryl methyl sites for hydroxylation is 1. The molecule has 0 unspecified atom stereocenters. The monoisotopic (exact) mass is 354 g/mol. The standard InChI is InChI=1S/C18H22N6O2/c19-18-21-13-5-2-1-4-12(13)15(22-18)17(26)24-10-8-23(9-11-24)16(25)14-6-3-7-20-14/h3,6-7,20H,1-2,4-5,8-11H2,(H2,19,21,22). The Morgan fingerprint density at radius 3 is 2.38 bits per heavy atom. The van der Waals surface area contributed by atoms with E-state index >= 15 is 0 Å². The van der Waals surface area contributed by atoms with E-state index in [1.807, 2.05) is 0 Å². The summed E-state index contributed by atoms with van der Waals surface area (Å²) in [4.78, 5) is 40.4. The van der Waals surface area contributed by atoms with Gasteiger partial charge in [-0.25, -0.2) is 9.97 Å². The van der Waals surface area contributed by atoms with Crippen LogP contribution in [0.25, 0.3) is 0 Å². The van der Waals surface area contributed by atoms with Crippen LogP contribution in [0.3, 0.4) is 0 Å². The summed E-state index contributed by atoms with van der Waals surface area (Å²) in [6, 6.07) is 3.56. The van der Waals surface area contributed by atoms with Crippen molar-refractivity contribution in [3.8, 4) is 0 Å². The summed E-state index contributed by atoms with van der Waals surface area (Å²) < 4.78 is 0. The normalized spacial score (nSPS) is 17.1. The Balaban J connectivity index is 1.47.